The Labute approximate surface area is 118 Å². The molecular weight excluding hydrogens is 260 g/mol. The maximum Gasteiger partial charge on any atom is 0.225 e. The molecule has 1 aliphatic rings. The third-order valence-electron chi connectivity index (χ3n) is 3.60. The van der Waals surface area contributed by atoms with Gasteiger partial charge in [-0.3, -0.25) is 14.6 Å². The van der Waals surface area contributed by atoms with Crippen molar-refractivity contribution in [2.24, 2.45) is 5.73 Å². The highest BCUT2D eigenvalue weighted by molar-refractivity contribution is 7.14. The van der Waals surface area contributed by atoms with Gasteiger partial charge < -0.3 is 5.73 Å². The van der Waals surface area contributed by atoms with Crippen LogP contribution in [0, 0.1) is 0 Å². The molecule has 0 aliphatic carbocycles. The summed E-state index contributed by atoms with van der Waals surface area (Å²) in [5, 5.41) is 2.85. The van der Waals surface area contributed by atoms with Gasteiger partial charge >= 0.3 is 0 Å². The molecule has 1 saturated heterocycles. The monoisotopic (exact) mass is 282 g/mol. The second-order valence-electron chi connectivity index (χ2n) is 4.89. The Balaban J connectivity index is 2.03. The summed E-state index contributed by atoms with van der Waals surface area (Å²) in [7, 11) is 0. The number of rotatable bonds is 5. The predicted molar refractivity (Wildman–Crippen MR) is 78.3 cm³/mol. The van der Waals surface area contributed by atoms with Crippen LogP contribution >= 0.6 is 11.3 Å². The van der Waals surface area contributed by atoms with E-state index in [0.29, 0.717) is 19.1 Å². The van der Waals surface area contributed by atoms with Crippen LogP contribution in [-0.2, 0) is 11.3 Å². The first-order chi connectivity index (χ1) is 9.15. The average Bonchev–Trinajstić information content (AvgIpc) is 3.00. The van der Waals surface area contributed by atoms with Crippen LogP contribution in [0.3, 0.4) is 0 Å². The first-order valence-corrected chi connectivity index (χ1v) is 7.70. The van der Waals surface area contributed by atoms with Gasteiger partial charge in [0.05, 0.1) is 5.69 Å². The summed E-state index contributed by atoms with van der Waals surface area (Å²) in [6.07, 6.45) is 2.40. The van der Waals surface area contributed by atoms with Gasteiger partial charge in [0.2, 0.25) is 5.91 Å². The standard InChI is InChI=1S/C13H22N4OS/c1-3-17(10(2)18)13-15-11(9-19-13)8-16-6-4-5-12(16)7-14/h9,12H,3-8,14H2,1-2H3. The van der Waals surface area contributed by atoms with Crippen LogP contribution in [0.2, 0.25) is 0 Å². The van der Waals surface area contributed by atoms with Gasteiger partial charge in [0, 0.05) is 38.0 Å². The van der Waals surface area contributed by atoms with E-state index < -0.39 is 0 Å². The fraction of sp³-hybridized carbons (Fsp3) is 0.692. The highest BCUT2D eigenvalue weighted by atomic mass is 32.1. The minimum Gasteiger partial charge on any atom is -0.329 e. The fourth-order valence-electron chi connectivity index (χ4n) is 2.56. The molecule has 2 N–H and O–H groups in total. The normalized spacial score (nSPS) is 19.8. The highest BCUT2D eigenvalue weighted by Crippen LogP contribution is 2.24. The molecular formula is C13H22N4OS. The molecule has 5 nitrogen and oxygen atoms in total. The van der Waals surface area contributed by atoms with Crippen LogP contribution in [0.1, 0.15) is 32.4 Å². The first-order valence-electron chi connectivity index (χ1n) is 6.82. The Bertz CT molecular complexity index is 434. The second-order valence-corrected chi connectivity index (χ2v) is 5.72. The Hall–Kier alpha value is -0.980. The summed E-state index contributed by atoms with van der Waals surface area (Å²) in [6, 6.07) is 0.486. The summed E-state index contributed by atoms with van der Waals surface area (Å²) >= 11 is 1.54. The molecule has 1 aromatic rings. The number of likely N-dealkylation sites (tertiary alicyclic amines) is 1. The molecule has 1 unspecified atom stereocenters. The van der Waals surface area contributed by atoms with E-state index >= 15 is 0 Å². The van der Waals surface area contributed by atoms with E-state index in [9.17, 15) is 4.79 Å². The molecule has 1 atom stereocenters. The van der Waals surface area contributed by atoms with Gasteiger partial charge in [0.1, 0.15) is 0 Å². The Morgan fingerprint density at radius 2 is 2.47 bits per heavy atom. The number of anilines is 1. The minimum atomic E-state index is 0.0457. The number of carbonyl (C=O) groups excluding carboxylic acids is 1. The van der Waals surface area contributed by atoms with Gasteiger partial charge in [0.15, 0.2) is 5.13 Å². The van der Waals surface area contributed by atoms with Crippen LogP contribution in [0.4, 0.5) is 5.13 Å². The van der Waals surface area contributed by atoms with Crippen molar-refractivity contribution in [1.29, 1.82) is 0 Å². The van der Waals surface area contributed by atoms with Crippen molar-refractivity contribution in [1.82, 2.24) is 9.88 Å². The number of amides is 1. The van der Waals surface area contributed by atoms with Crippen molar-refractivity contribution >= 4 is 22.4 Å². The smallest absolute Gasteiger partial charge is 0.225 e. The van der Waals surface area contributed by atoms with Gasteiger partial charge in [-0.05, 0) is 26.3 Å². The number of nitrogens with zero attached hydrogens (tertiary/aromatic N) is 3. The third-order valence-corrected chi connectivity index (χ3v) is 4.52. The lowest BCUT2D eigenvalue weighted by molar-refractivity contribution is -0.116. The van der Waals surface area contributed by atoms with Crippen molar-refractivity contribution in [3.63, 3.8) is 0 Å². The molecule has 1 aliphatic heterocycles. The molecule has 106 valence electrons. The van der Waals surface area contributed by atoms with E-state index in [1.54, 1.807) is 11.8 Å². The Morgan fingerprint density at radius 3 is 3.11 bits per heavy atom. The van der Waals surface area contributed by atoms with Crippen molar-refractivity contribution in [3.8, 4) is 0 Å². The molecule has 0 spiro atoms. The molecule has 1 aromatic heterocycles. The van der Waals surface area contributed by atoms with E-state index in [-0.39, 0.29) is 5.91 Å². The molecule has 0 bridgehead atoms. The SMILES string of the molecule is CCN(C(C)=O)c1nc(CN2CCCC2CN)cs1. The molecule has 2 heterocycles. The fourth-order valence-corrected chi connectivity index (χ4v) is 3.49. The predicted octanol–water partition coefficient (Wildman–Crippen LogP) is 1.44. The summed E-state index contributed by atoms with van der Waals surface area (Å²) in [6.45, 7) is 6.86. The van der Waals surface area contributed by atoms with Crippen molar-refractivity contribution < 1.29 is 4.79 Å². The lowest BCUT2D eigenvalue weighted by atomic mass is 10.2. The topological polar surface area (TPSA) is 62.5 Å². The van der Waals surface area contributed by atoms with Crippen molar-refractivity contribution in [3.05, 3.63) is 11.1 Å². The molecule has 6 heteroatoms. The van der Waals surface area contributed by atoms with Gasteiger partial charge in [-0.2, -0.15) is 0 Å². The lowest BCUT2D eigenvalue weighted by Crippen LogP contribution is -2.35. The molecule has 0 saturated carbocycles. The maximum atomic E-state index is 11.5. The van der Waals surface area contributed by atoms with E-state index in [1.165, 1.54) is 24.2 Å². The molecule has 19 heavy (non-hydrogen) atoms. The number of hydrogen-bond donors (Lipinski definition) is 1. The number of hydrogen-bond acceptors (Lipinski definition) is 5. The summed E-state index contributed by atoms with van der Waals surface area (Å²) < 4.78 is 0. The number of nitrogens with two attached hydrogens (primary N) is 1. The summed E-state index contributed by atoms with van der Waals surface area (Å²) in [5.41, 5.74) is 6.82. The van der Waals surface area contributed by atoms with E-state index in [0.717, 1.165) is 23.9 Å². The van der Waals surface area contributed by atoms with Gasteiger partial charge in [-0.25, -0.2) is 4.98 Å². The Morgan fingerprint density at radius 1 is 1.68 bits per heavy atom. The van der Waals surface area contributed by atoms with Gasteiger partial charge in [-0.1, -0.05) is 0 Å². The van der Waals surface area contributed by atoms with Gasteiger partial charge in [-0.15, -0.1) is 11.3 Å². The molecule has 1 amide bonds. The van der Waals surface area contributed by atoms with Crippen LogP contribution in [0.25, 0.3) is 0 Å². The molecule has 0 radical (unpaired) electrons. The molecule has 0 aromatic carbocycles. The molecule has 1 fully saturated rings. The summed E-state index contributed by atoms with van der Waals surface area (Å²) in [5.74, 6) is 0.0457. The zero-order valence-corrected chi connectivity index (χ0v) is 12.4. The quantitative estimate of drug-likeness (QED) is 0.887. The van der Waals surface area contributed by atoms with Crippen molar-refractivity contribution in [2.75, 3.05) is 24.5 Å². The average molecular weight is 282 g/mol. The van der Waals surface area contributed by atoms with Crippen molar-refractivity contribution in [2.45, 2.75) is 39.3 Å². The Kier molecular flexibility index (Phi) is 4.90. The zero-order chi connectivity index (χ0) is 13.8. The third kappa shape index (κ3) is 3.32. The largest absolute Gasteiger partial charge is 0.329 e. The van der Waals surface area contributed by atoms with Gasteiger partial charge in [0.25, 0.3) is 0 Å². The zero-order valence-electron chi connectivity index (χ0n) is 11.6. The van der Waals surface area contributed by atoms with E-state index in [1.807, 2.05) is 12.3 Å². The van der Waals surface area contributed by atoms with E-state index in [2.05, 4.69) is 9.88 Å². The first kappa shape index (κ1) is 14.4. The number of thiazole rings is 1. The molecule has 2 rings (SSSR count). The van der Waals surface area contributed by atoms with Crippen LogP contribution in [-0.4, -0.2) is 41.5 Å². The van der Waals surface area contributed by atoms with Crippen LogP contribution < -0.4 is 10.6 Å². The highest BCUT2D eigenvalue weighted by Gasteiger charge is 2.24. The van der Waals surface area contributed by atoms with Crippen LogP contribution in [0.15, 0.2) is 5.38 Å². The lowest BCUT2D eigenvalue weighted by Gasteiger charge is -2.21. The maximum absolute atomic E-state index is 11.5. The summed E-state index contributed by atoms with van der Waals surface area (Å²) in [4.78, 5) is 20.2. The minimum absolute atomic E-state index is 0.0457. The number of aromatic nitrogens is 1. The second kappa shape index (κ2) is 6.45. The number of carbonyl (C=O) groups is 1. The van der Waals surface area contributed by atoms with Crippen LogP contribution in [0.5, 0.6) is 0 Å². The van der Waals surface area contributed by atoms with E-state index in [4.69, 9.17) is 5.73 Å².